The zero-order chi connectivity index (χ0) is 18.5. The van der Waals surface area contributed by atoms with Gasteiger partial charge in [-0.2, -0.15) is 10.4 Å². The molecule has 26 heavy (non-hydrogen) atoms. The molecule has 1 aromatic heterocycles. The molecule has 3 aromatic rings. The number of halogens is 2. The van der Waals surface area contributed by atoms with Crippen LogP contribution in [0.15, 0.2) is 58.4 Å². The van der Waals surface area contributed by atoms with Crippen molar-refractivity contribution < 1.29 is 8.78 Å². The molecule has 0 amide bonds. The maximum atomic E-state index is 13.6. The van der Waals surface area contributed by atoms with Crippen molar-refractivity contribution in [2.75, 3.05) is 5.43 Å². The second-order valence-electron chi connectivity index (χ2n) is 5.13. The van der Waals surface area contributed by atoms with Gasteiger partial charge in [0.05, 0.1) is 11.9 Å². The van der Waals surface area contributed by atoms with E-state index in [9.17, 15) is 18.8 Å². The van der Waals surface area contributed by atoms with Gasteiger partial charge in [-0.15, -0.1) is 0 Å². The first-order chi connectivity index (χ1) is 12.6. The van der Waals surface area contributed by atoms with Gasteiger partial charge in [0.25, 0.3) is 5.56 Å². The summed E-state index contributed by atoms with van der Waals surface area (Å²) in [6.07, 6.45) is 1.05. The number of anilines is 1. The van der Waals surface area contributed by atoms with E-state index in [1.54, 1.807) is 30.3 Å². The minimum atomic E-state index is -1.04. The normalized spacial score (nSPS) is 10.7. The first-order valence-electron chi connectivity index (χ1n) is 7.43. The zero-order valence-corrected chi connectivity index (χ0v) is 13.2. The van der Waals surface area contributed by atoms with Crippen LogP contribution in [0.25, 0.3) is 11.3 Å². The number of hydrogen-bond donors (Lipinski definition) is 2. The van der Waals surface area contributed by atoms with Gasteiger partial charge in [-0.3, -0.25) is 9.78 Å². The van der Waals surface area contributed by atoms with Gasteiger partial charge in [-0.25, -0.2) is 19.2 Å². The lowest BCUT2D eigenvalue weighted by Gasteiger charge is -2.06. The van der Waals surface area contributed by atoms with Crippen molar-refractivity contribution in [1.82, 2.24) is 9.97 Å². The number of aromatic amines is 1. The topological polar surface area (TPSA) is 93.9 Å². The van der Waals surface area contributed by atoms with Crippen LogP contribution in [-0.2, 0) is 0 Å². The highest BCUT2D eigenvalue weighted by atomic mass is 19.2. The zero-order valence-electron chi connectivity index (χ0n) is 13.2. The van der Waals surface area contributed by atoms with E-state index < -0.39 is 17.2 Å². The Balaban J connectivity index is 1.93. The highest BCUT2D eigenvalue weighted by molar-refractivity contribution is 5.80. The second kappa shape index (κ2) is 7.36. The second-order valence-corrected chi connectivity index (χ2v) is 5.13. The maximum absolute atomic E-state index is 13.6. The van der Waals surface area contributed by atoms with Crippen molar-refractivity contribution in [2.24, 2.45) is 5.10 Å². The Morgan fingerprint density at radius 2 is 1.92 bits per heavy atom. The molecule has 2 aromatic carbocycles. The Kier molecular flexibility index (Phi) is 4.80. The summed E-state index contributed by atoms with van der Waals surface area (Å²) in [5.41, 5.74) is 2.36. The van der Waals surface area contributed by atoms with Crippen molar-refractivity contribution >= 4 is 12.2 Å². The van der Waals surface area contributed by atoms with E-state index in [0.29, 0.717) is 5.56 Å². The van der Waals surface area contributed by atoms with Crippen LogP contribution in [0.5, 0.6) is 0 Å². The average molecular weight is 351 g/mol. The monoisotopic (exact) mass is 351 g/mol. The molecule has 0 spiro atoms. The van der Waals surface area contributed by atoms with Gasteiger partial charge >= 0.3 is 0 Å². The molecule has 2 N–H and O–H groups in total. The van der Waals surface area contributed by atoms with Gasteiger partial charge in [0, 0.05) is 11.1 Å². The lowest BCUT2D eigenvalue weighted by molar-refractivity contribution is 0.507. The van der Waals surface area contributed by atoms with E-state index >= 15 is 0 Å². The van der Waals surface area contributed by atoms with Crippen LogP contribution in [-0.4, -0.2) is 16.2 Å². The number of nitrogens with zero attached hydrogens (tertiary/aromatic N) is 3. The number of rotatable bonds is 4. The van der Waals surface area contributed by atoms with E-state index in [2.05, 4.69) is 20.5 Å². The summed E-state index contributed by atoms with van der Waals surface area (Å²) in [5, 5.41) is 12.9. The summed E-state index contributed by atoms with van der Waals surface area (Å²) in [6.45, 7) is 0. The summed E-state index contributed by atoms with van der Waals surface area (Å²) >= 11 is 0. The summed E-state index contributed by atoms with van der Waals surface area (Å²) in [5.74, 6) is -2.07. The standard InChI is InChI=1S/C18H11F2N5O/c19-14-8-4-7-12(15(14)20)10-22-25-18-23-16(11-5-2-1-3-6-11)13(9-21)17(26)24-18/h1-8,10H,(H2,23,24,25,26). The van der Waals surface area contributed by atoms with Crippen molar-refractivity contribution in [1.29, 1.82) is 5.26 Å². The average Bonchev–Trinajstić information content (AvgIpc) is 2.65. The molecule has 1 heterocycles. The number of nitrogens with one attached hydrogen (secondary N) is 2. The van der Waals surface area contributed by atoms with Gasteiger partial charge in [0.15, 0.2) is 11.6 Å². The minimum Gasteiger partial charge on any atom is -0.290 e. The third-order valence-electron chi connectivity index (χ3n) is 3.43. The Hall–Kier alpha value is -3.86. The van der Waals surface area contributed by atoms with Crippen molar-refractivity contribution in [3.05, 3.63) is 81.6 Å². The molecule has 3 rings (SSSR count). The van der Waals surface area contributed by atoms with Crippen LogP contribution in [0.1, 0.15) is 11.1 Å². The van der Waals surface area contributed by atoms with Gasteiger partial charge in [-0.05, 0) is 6.07 Å². The van der Waals surface area contributed by atoms with Crippen LogP contribution in [0.2, 0.25) is 0 Å². The Morgan fingerprint density at radius 1 is 1.15 bits per heavy atom. The minimum absolute atomic E-state index is 0.0408. The molecule has 0 aliphatic carbocycles. The molecule has 0 aliphatic rings. The number of nitriles is 1. The molecule has 0 aliphatic heterocycles. The lowest BCUT2D eigenvalue weighted by Crippen LogP contribution is -2.16. The molecule has 0 saturated carbocycles. The molecule has 0 fully saturated rings. The largest absolute Gasteiger partial charge is 0.290 e. The molecular weight excluding hydrogens is 340 g/mol. The smallest absolute Gasteiger partial charge is 0.270 e. The van der Waals surface area contributed by atoms with Gasteiger partial charge in [0.1, 0.15) is 11.6 Å². The molecule has 0 saturated heterocycles. The fourth-order valence-corrected chi connectivity index (χ4v) is 2.22. The summed E-state index contributed by atoms with van der Waals surface area (Å²) in [4.78, 5) is 18.6. The van der Waals surface area contributed by atoms with Crippen LogP contribution < -0.4 is 11.0 Å². The molecule has 0 bridgehead atoms. The molecule has 0 radical (unpaired) electrons. The first kappa shape index (κ1) is 17.0. The molecule has 6 nitrogen and oxygen atoms in total. The van der Waals surface area contributed by atoms with Gasteiger partial charge in [0.2, 0.25) is 5.95 Å². The van der Waals surface area contributed by atoms with Crippen LogP contribution in [0, 0.1) is 23.0 Å². The number of hydrogen-bond acceptors (Lipinski definition) is 5. The third-order valence-corrected chi connectivity index (χ3v) is 3.43. The van der Waals surface area contributed by atoms with Crippen LogP contribution in [0.3, 0.4) is 0 Å². The van der Waals surface area contributed by atoms with E-state index in [-0.39, 0.29) is 22.8 Å². The van der Waals surface area contributed by atoms with Crippen molar-refractivity contribution in [3.63, 3.8) is 0 Å². The SMILES string of the molecule is N#Cc1c(-c2ccccc2)nc(NN=Cc2cccc(F)c2F)[nH]c1=O. The van der Waals surface area contributed by atoms with Crippen molar-refractivity contribution in [3.8, 4) is 17.3 Å². The number of benzene rings is 2. The summed E-state index contributed by atoms with van der Waals surface area (Å²) < 4.78 is 26.7. The fourth-order valence-electron chi connectivity index (χ4n) is 2.22. The predicted octanol–water partition coefficient (Wildman–Crippen LogP) is 3.03. The summed E-state index contributed by atoms with van der Waals surface area (Å²) in [7, 11) is 0. The maximum Gasteiger partial charge on any atom is 0.270 e. The number of H-pyrrole nitrogens is 1. The Labute approximate surface area is 146 Å². The van der Waals surface area contributed by atoms with E-state index in [4.69, 9.17) is 0 Å². The molecule has 128 valence electrons. The first-order valence-corrected chi connectivity index (χ1v) is 7.43. The Morgan fingerprint density at radius 3 is 2.65 bits per heavy atom. The lowest BCUT2D eigenvalue weighted by atomic mass is 10.1. The van der Waals surface area contributed by atoms with E-state index in [1.807, 2.05) is 6.07 Å². The molecular formula is C18H11F2N5O. The molecule has 0 atom stereocenters. The quantitative estimate of drug-likeness (QED) is 0.558. The number of hydrazone groups is 1. The van der Waals surface area contributed by atoms with E-state index in [1.165, 1.54) is 12.1 Å². The highest BCUT2D eigenvalue weighted by Crippen LogP contribution is 2.19. The van der Waals surface area contributed by atoms with Gasteiger partial charge < -0.3 is 0 Å². The molecule has 0 unspecified atom stereocenters. The third kappa shape index (κ3) is 3.47. The molecule has 8 heteroatoms. The van der Waals surface area contributed by atoms with Crippen LogP contribution in [0.4, 0.5) is 14.7 Å². The van der Waals surface area contributed by atoms with Crippen LogP contribution >= 0.6 is 0 Å². The summed E-state index contributed by atoms with van der Waals surface area (Å²) in [6, 6.07) is 14.2. The van der Waals surface area contributed by atoms with E-state index in [0.717, 1.165) is 12.3 Å². The van der Waals surface area contributed by atoms with Crippen molar-refractivity contribution in [2.45, 2.75) is 0 Å². The highest BCUT2D eigenvalue weighted by Gasteiger charge is 2.13. The fraction of sp³-hybridized carbons (Fsp3) is 0. The predicted molar refractivity (Wildman–Crippen MR) is 92.6 cm³/mol. The Bertz CT molecular complexity index is 1070. The van der Waals surface area contributed by atoms with Gasteiger partial charge in [-0.1, -0.05) is 42.5 Å². The number of aromatic nitrogens is 2.